The number of aryl methyl sites for hydroxylation is 2. The first-order valence-electron chi connectivity index (χ1n) is 14.2. The van der Waals surface area contributed by atoms with E-state index in [-0.39, 0.29) is 28.6 Å². The topological polar surface area (TPSA) is 73.2 Å². The van der Waals surface area contributed by atoms with Crippen LogP contribution in [0.2, 0.25) is 0 Å². The van der Waals surface area contributed by atoms with Gasteiger partial charge in [-0.1, -0.05) is 70.6 Å². The number of benzene rings is 2. The molecule has 0 radical (unpaired) electrons. The maximum absolute atomic E-state index is 14.3. The Hall–Kier alpha value is -3.10. The molecule has 2 heterocycles. The van der Waals surface area contributed by atoms with Crippen LogP contribution < -0.4 is 15.6 Å². The van der Waals surface area contributed by atoms with E-state index in [1.807, 2.05) is 49.4 Å². The zero-order valence-corrected chi connectivity index (χ0v) is 26.6. The summed E-state index contributed by atoms with van der Waals surface area (Å²) in [5, 5.41) is 4.30. The van der Waals surface area contributed by atoms with Crippen LogP contribution in [0.1, 0.15) is 68.5 Å². The fourth-order valence-electron chi connectivity index (χ4n) is 5.64. The summed E-state index contributed by atoms with van der Waals surface area (Å²) in [5.74, 6) is 1.51. The maximum atomic E-state index is 14.3. The molecular weight excluding hydrogens is 551 g/mol. The molecule has 1 aliphatic rings. The Morgan fingerprint density at radius 1 is 1.22 bits per heavy atom. The van der Waals surface area contributed by atoms with Crippen molar-refractivity contribution in [2.24, 2.45) is 11.3 Å². The number of thiophene rings is 1. The number of amides is 1. The lowest BCUT2D eigenvalue weighted by molar-refractivity contribution is -0.113. The highest BCUT2D eigenvalue weighted by Gasteiger charge is 2.32. The van der Waals surface area contributed by atoms with Crippen molar-refractivity contribution in [2.75, 3.05) is 18.2 Å². The SMILES string of the molecule is COc1ccc(C)c(-n2c(SCC(=O)Nc3ccccc3C(C)C)nc3sc4c(c3c2=O)CCC(C(C)(C)C)C4)c1. The number of methoxy groups -OCH3 is 1. The second-order valence-electron chi connectivity index (χ2n) is 12.3. The van der Waals surface area contributed by atoms with E-state index < -0.39 is 0 Å². The number of anilines is 1. The van der Waals surface area contributed by atoms with E-state index >= 15 is 0 Å². The molecule has 1 amide bonds. The Morgan fingerprint density at radius 3 is 2.68 bits per heavy atom. The number of rotatable bonds is 7. The van der Waals surface area contributed by atoms with Gasteiger partial charge in [-0.15, -0.1) is 11.3 Å². The lowest BCUT2D eigenvalue weighted by Crippen LogP contribution is -2.27. The molecule has 0 fully saturated rings. The lowest BCUT2D eigenvalue weighted by Gasteiger charge is -2.33. The molecule has 1 N–H and O–H groups in total. The van der Waals surface area contributed by atoms with E-state index in [1.54, 1.807) is 23.0 Å². The fourth-order valence-corrected chi connectivity index (χ4v) is 7.79. The van der Waals surface area contributed by atoms with Crippen molar-refractivity contribution in [3.63, 3.8) is 0 Å². The average Bonchev–Trinajstić information content (AvgIpc) is 3.30. The highest BCUT2D eigenvalue weighted by Crippen LogP contribution is 2.42. The molecule has 6 nitrogen and oxygen atoms in total. The van der Waals surface area contributed by atoms with E-state index in [0.717, 1.165) is 57.5 Å². The molecular formula is C33H39N3O3S2. The minimum Gasteiger partial charge on any atom is -0.497 e. The largest absolute Gasteiger partial charge is 0.497 e. The molecule has 2 aromatic heterocycles. The van der Waals surface area contributed by atoms with Gasteiger partial charge in [0.1, 0.15) is 10.6 Å². The van der Waals surface area contributed by atoms with Crippen LogP contribution in [0, 0.1) is 18.3 Å². The third-order valence-electron chi connectivity index (χ3n) is 8.12. The van der Waals surface area contributed by atoms with Crippen molar-refractivity contribution >= 4 is 44.9 Å². The molecule has 4 aromatic rings. The van der Waals surface area contributed by atoms with Gasteiger partial charge in [0.25, 0.3) is 5.56 Å². The van der Waals surface area contributed by atoms with Crippen LogP contribution in [0.3, 0.4) is 0 Å². The van der Waals surface area contributed by atoms with Crippen LogP contribution in [0.25, 0.3) is 15.9 Å². The fraction of sp³-hybridized carbons (Fsp3) is 0.424. The van der Waals surface area contributed by atoms with Crippen molar-refractivity contribution in [1.29, 1.82) is 0 Å². The van der Waals surface area contributed by atoms with Crippen LogP contribution in [-0.4, -0.2) is 28.3 Å². The van der Waals surface area contributed by atoms with Crippen LogP contribution in [0.5, 0.6) is 5.75 Å². The average molecular weight is 590 g/mol. The number of ether oxygens (including phenoxy) is 1. The third-order valence-corrected chi connectivity index (χ3v) is 10.2. The van der Waals surface area contributed by atoms with Crippen LogP contribution in [0.4, 0.5) is 5.69 Å². The number of carbonyl (C=O) groups is 1. The number of hydrogen-bond acceptors (Lipinski definition) is 6. The molecule has 216 valence electrons. The van der Waals surface area contributed by atoms with Crippen LogP contribution >= 0.6 is 23.1 Å². The van der Waals surface area contributed by atoms with Crippen LogP contribution in [0.15, 0.2) is 52.4 Å². The van der Waals surface area contributed by atoms with Crippen molar-refractivity contribution in [2.45, 2.75) is 71.9 Å². The van der Waals surface area contributed by atoms with Gasteiger partial charge < -0.3 is 10.1 Å². The van der Waals surface area contributed by atoms with E-state index in [0.29, 0.717) is 16.8 Å². The van der Waals surface area contributed by atoms with Gasteiger partial charge in [0.15, 0.2) is 5.16 Å². The standard InChI is InChI=1S/C33H39N3O3S2/c1-19(2)23-10-8-9-11-25(23)34-28(37)18-40-32-35-30-29(24-15-13-21(33(4,5)6)16-27(24)41-30)31(38)36(32)26-17-22(39-7)14-12-20(26)3/h8-12,14,17,19,21H,13,15-16,18H2,1-7H3,(H,34,37). The van der Waals surface area contributed by atoms with Gasteiger partial charge in [-0.3, -0.25) is 14.2 Å². The molecule has 0 saturated heterocycles. The molecule has 41 heavy (non-hydrogen) atoms. The summed E-state index contributed by atoms with van der Waals surface area (Å²) in [6.07, 6.45) is 2.92. The Bertz CT molecular complexity index is 1660. The molecule has 0 spiro atoms. The van der Waals surface area contributed by atoms with Gasteiger partial charge in [0, 0.05) is 16.6 Å². The number of aromatic nitrogens is 2. The van der Waals surface area contributed by atoms with E-state index in [9.17, 15) is 9.59 Å². The summed E-state index contributed by atoms with van der Waals surface area (Å²) in [7, 11) is 1.62. The van der Waals surface area contributed by atoms with E-state index in [2.05, 4.69) is 39.9 Å². The number of nitrogens with zero attached hydrogens (tertiary/aromatic N) is 2. The Balaban J connectivity index is 1.56. The molecule has 5 rings (SSSR count). The molecule has 1 aliphatic carbocycles. The minimum absolute atomic E-state index is 0.0777. The van der Waals surface area contributed by atoms with Crippen LogP contribution in [-0.2, 0) is 17.6 Å². The predicted molar refractivity (Wildman–Crippen MR) is 171 cm³/mol. The zero-order chi connectivity index (χ0) is 29.5. The Labute approximate surface area is 250 Å². The van der Waals surface area contributed by atoms with Gasteiger partial charge >= 0.3 is 0 Å². The first-order chi connectivity index (χ1) is 19.5. The number of nitrogens with one attached hydrogen (secondary N) is 1. The van der Waals surface area contributed by atoms with Gasteiger partial charge in [-0.2, -0.15) is 0 Å². The molecule has 1 atom stereocenters. The summed E-state index contributed by atoms with van der Waals surface area (Å²) in [4.78, 5) is 34.6. The number of para-hydroxylation sites is 1. The first kappa shape index (κ1) is 29.4. The Kier molecular flexibility index (Phi) is 8.35. The van der Waals surface area contributed by atoms with Gasteiger partial charge in [0.05, 0.1) is 23.9 Å². The number of fused-ring (bicyclic) bond motifs is 3. The predicted octanol–water partition coefficient (Wildman–Crippen LogP) is 7.77. The monoisotopic (exact) mass is 589 g/mol. The highest BCUT2D eigenvalue weighted by atomic mass is 32.2. The molecule has 0 aliphatic heterocycles. The summed E-state index contributed by atoms with van der Waals surface area (Å²) in [6.45, 7) is 13.1. The summed E-state index contributed by atoms with van der Waals surface area (Å²) >= 11 is 2.93. The first-order valence-corrected chi connectivity index (χ1v) is 16.0. The van der Waals surface area contributed by atoms with Crippen molar-refractivity contribution < 1.29 is 9.53 Å². The Morgan fingerprint density at radius 2 is 1.98 bits per heavy atom. The van der Waals surface area contributed by atoms with E-state index in [1.165, 1.54) is 16.6 Å². The number of hydrogen-bond donors (Lipinski definition) is 1. The zero-order valence-electron chi connectivity index (χ0n) is 25.0. The van der Waals surface area contributed by atoms with Crippen molar-refractivity contribution in [1.82, 2.24) is 9.55 Å². The molecule has 2 aromatic carbocycles. The third kappa shape index (κ3) is 5.95. The van der Waals surface area contributed by atoms with Gasteiger partial charge in [-0.05, 0) is 72.3 Å². The second-order valence-corrected chi connectivity index (χ2v) is 14.3. The minimum atomic E-state index is -0.134. The molecule has 8 heteroatoms. The molecule has 0 saturated carbocycles. The second kappa shape index (κ2) is 11.6. The smallest absolute Gasteiger partial charge is 0.267 e. The molecule has 0 bridgehead atoms. The summed E-state index contributed by atoms with van der Waals surface area (Å²) < 4.78 is 7.19. The van der Waals surface area contributed by atoms with Crippen molar-refractivity contribution in [3.05, 3.63) is 74.4 Å². The summed E-state index contributed by atoms with van der Waals surface area (Å²) in [5.41, 5.74) is 4.84. The molecule has 1 unspecified atom stereocenters. The van der Waals surface area contributed by atoms with E-state index in [4.69, 9.17) is 9.72 Å². The maximum Gasteiger partial charge on any atom is 0.267 e. The van der Waals surface area contributed by atoms with Gasteiger partial charge in [0.2, 0.25) is 5.91 Å². The number of thioether (sulfide) groups is 1. The van der Waals surface area contributed by atoms with Gasteiger partial charge in [-0.25, -0.2) is 4.98 Å². The summed E-state index contributed by atoms with van der Waals surface area (Å²) in [6, 6.07) is 13.6. The number of carbonyl (C=O) groups excluding carboxylic acids is 1. The lowest BCUT2D eigenvalue weighted by atomic mass is 9.72. The quantitative estimate of drug-likeness (QED) is 0.176. The van der Waals surface area contributed by atoms with Crippen molar-refractivity contribution in [3.8, 4) is 11.4 Å². The highest BCUT2D eigenvalue weighted by molar-refractivity contribution is 7.99. The normalized spacial score (nSPS) is 15.3.